The van der Waals surface area contributed by atoms with E-state index in [0.717, 1.165) is 17.7 Å². The molecule has 5 heteroatoms. The van der Waals surface area contributed by atoms with Gasteiger partial charge >= 0.3 is 0 Å². The molecule has 0 spiro atoms. The second-order valence-electron chi connectivity index (χ2n) is 4.62. The van der Waals surface area contributed by atoms with Gasteiger partial charge in [0.1, 0.15) is 0 Å². The van der Waals surface area contributed by atoms with Crippen molar-refractivity contribution in [2.24, 2.45) is 5.84 Å². The molecule has 18 heavy (non-hydrogen) atoms. The zero-order valence-electron chi connectivity index (χ0n) is 10.7. The van der Waals surface area contributed by atoms with Crippen LogP contribution in [-0.2, 0) is 4.74 Å². The van der Waals surface area contributed by atoms with Gasteiger partial charge in [-0.1, -0.05) is 0 Å². The normalized spacial score (nSPS) is 22.8. The molecule has 2 rings (SSSR count). The number of carbonyl (C=O) groups is 1. The van der Waals surface area contributed by atoms with Gasteiger partial charge in [0.05, 0.1) is 12.1 Å². The molecule has 1 heterocycles. The van der Waals surface area contributed by atoms with Crippen molar-refractivity contribution in [2.75, 3.05) is 12.0 Å². The molecule has 0 aromatic heterocycles. The van der Waals surface area contributed by atoms with Crippen molar-refractivity contribution in [2.45, 2.75) is 32.4 Å². The van der Waals surface area contributed by atoms with Crippen LogP contribution in [0.3, 0.4) is 0 Å². The Labute approximate surface area is 107 Å². The van der Waals surface area contributed by atoms with E-state index in [1.165, 1.54) is 0 Å². The summed E-state index contributed by atoms with van der Waals surface area (Å²) in [4.78, 5) is 12.1. The summed E-state index contributed by atoms with van der Waals surface area (Å²) in [5.74, 6) is 5.27. The number of hydrazine groups is 1. The average Bonchev–Trinajstić information content (AvgIpc) is 2.74. The van der Waals surface area contributed by atoms with E-state index in [4.69, 9.17) is 10.6 Å². The van der Waals surface area contributed by atoms with Gasteiger partial charge in [0.2, 0.25) is 0 Å². The molecule has 1 fully saturated rings. The van der Waals surface area contributed by atoms with Crippen LogP contribution in [0.25, 0.3) is 0 Å². The van der Waals surface area contributed by atoms with Gasteiger partial charge in [0, 0.05) is 17.9 Å². The van der Waals surface area contributed by atoms with Crippen LogP contribution in [-0.4, -0.2) is 24.7 Å². The molecular weight excluding hydrogens is 230 g/mol. The van der Waals surface area contributed by atoms with E-state index in [1.807, 2.05) is 19.9 Å². The molecule has 1 aliphatic heterocycles. The summed E-state index contributed by atoms with van der Waals surface area (Å²) in [6, 6.07) is 5.52. The summed E-state index contributed by atoms with van der Waals surface area (Å²) < 4.78 is 5.43. The molecule has 1 aliphatic rings. The minimum atomic E-state index is -0.0570. The number of rotatable bonds is 3. The topological polar surface area (TPSA) is 76.4 Å². The zero-order valence-corrected chi connectivity index (χ0v) is 10.7. The Hall–Kier alpha value is -1.59. The number of hydrogen-bond acceptors (Lipinski definition) is 4. The van der Waals surface area contributed by atoms with Gasteiger partial charge in [0.15, 0.2) is 0 Å². The van der Waals surface area contributed by atoms with E-state index in [0.29, 0.717) is 12.2 Å². The van der Waals surface area contributed by atoms with Gasteiger partial charge in [-0.05, 0) is 44.0 Å². The van der Waals surface area contributed by atoms with Crippen molar-refractivity contribution in [1.29, 1.82) is 0 Å². The Morgan fingerprint density at radius 3 is 2.83 bits per heavy atom. The SMILES string of the molecule is Cc1cc(NN)ccc1C(=O)NC1CCOC1C. The standard InChI is InChI=1S/C13H19N3O2/c1-8-7-10(16-14)3-4-11(8)13(17)15-12-5-6-18-9(12)2/h3-4,7,9,12,16H,5-6,14H2,1-2H3,(H,15,17). The molecule has 1 aromatic rings. The molecular formula is C13H19N3O2. The number of hydrogen-bond donors (Lipinski definition) is 3. The third-order valence-electron chi connectivity index (χ3n) is 3.33. The number of ether oxygens (including phenoxy) is 1. The number of carbonyl (C=O) groups excluding carboxylic acids is 1. The number of nitrogens with one attached hydrogen (secondary N) is 2. The molecule has 1 aromatic carbocycles. The molecule has 5 nitrogen and oxygen atoms in total. The van der Waals surface area contributed by atoms with Gasteiger partial charge < -0.3 is 15.5 Å². The smallest absolute Gasteiger partial charge is 0.251 e. The van der Waals surface area contributed by atoms with Gasteiger partial charge in [0.25, 0.3) is 5.91 Å². The maximum Gasteiger partial charge on any atom is 0.251 e. The number of aryl methyl sites for hydroxylation is 1. The molecule has 0 aliphatic carbocycles. The quantitative estimate of drug-likeness (QED) is 0.555. The van der Waals surface area contributed by atoms with Crippen molar-refractivity contribution in [3.8, 4) is 0 Å². The summed E-state index contributed by atoms with van der Waals surface area (Å²) >= 11 is 0. The highest BCUT2D eigenvalue weighted by atomic mass is 16.5. The molecule has 0 radical (unpaired) electrons. The van der Waals surface area contributed by atoms with E-state index in [9.17, 15) is 4.79 Å². The fourth-order valence-corrected chi connectivity index (χ4v) is 2.18. The number of nitrogen functional groups attached to an aromatic ring is 1. The van der Waals surface area contributed by atoms with Crippen LogP contribution < -0.4 is 16.6 Å². The Bertz CT molecular complexity index is 448. The highest BCUT2D eigenvalue weighted by Gasteiger charge is 2.26. The van der Waals surface area contributed by atoms with Crippen molar-refractivity contribution in [3.63, 3.8) is 0 Å². The maximum absolute atomic E-state index is 12.1. The van der Waals surface area contributed by atoms with Gasteiger partial charge in [-0.25, -0.2) is 0 Å². The lowest BCUT2D eigenvalue weighted by atomic mass is 10.1. The first-order valence-electron chi connectivity index (χ1n) is 6.11. The largest absolute Gasteiger partial charge is 0.376 e. The Balaban J connectivity index is 2.09. The van der Waals surface area contributed by atoms with Crippen molar-refractivity contribution in [1.82, 2.24) is 5.32 Å². The van der Waals surface area contributed by atoms with Crippen LogP contribution in [0.15, 0.2) is 18.2 Å². The summed E-state index contributed by atoms with van der Waals surface area (Å²) in [5, 5.41) is 3.01. The third-order valence-corrected chi connectivity index (χ3v) is 3.33. The van der Waals surface area contributed by atoms with Gasteiger partial charge in [-0.15, -0.1) is 0 Å². The van der Waals surface area contributed by atoms with E-state index >= 15 is 0 Å². The number of nitrogens with two attached hydrogens (primary N) is 1. The fourth-order valence-electron chi connectivity index (χ4n) is 2.18. The minimum absolute atomic E-state index is 0.0570. The van der Waals surface area contributed by atoms with Gasteiger partial charge in [-0.3, -0.25) is 10.6 Å². The van der Waals surface area contributed by atoms with Crippen LogP contribution in [0.2, 0.25) is 0 Å². The molecule has 98 valence electrons. The highest BCUT2D eigenvalue weighted by Crippen LogP contribution is 2.17. The van der Waals surface area contributed by atoms with E-state index < -0.39 is 0 Å². The molecule has 4 N–H and O–H groups in total. The van der Waals surface area contributed by atoms with Crippen molar-refractivity contribution < 1.29 is 9.53 Å². The molecule has 0 bridgehead atoms. The van der Waals surface area contributed by atoms with Crippen LogP contribution >= 0.6 is 0 Å². The molecule has 2 atom stereocenters. The first-order valence-corrected chi connectivity index (χ1v) is 6.11. The number of benzene rings is 1. The molecule has 0 saturated carbocycles. The second kappa shape index (κ2) is 5.37. The van der Waals surface area contributed by atoms with Crippen LogP contribution in [0, 0.1) is 6.92 Å². The fraction of sp³-hybridized carbons (Fsp3) is 0.462. The zero-order chi connectivity index (χ0) is 13.1. The van der Waals surface area contributed by atoms with Crippen LogP contribution in [0.5, 0.6) is 0 Å². The minimum Gasteiger partial charge on any atom is -0.376 e. The third kappa shape index (κ3) is 2.63. The van der Waals surface area contributed by atoms with E-state index in [-0.39, 0.29) is 18.1 Å². The van der Waals surface area contributed by atoms with Crippen molar-refractivity contribution >= 4 is 11.6 Å². The predicted molar refractivity (Wildman–Crippen MR) is 70.3 cm³/mol. The lowest BCUT2D eigenvalue weighted by molar-refractivity contribution is 0.0865. The Morgan fingerprint density at radius 1 is 1.50 bits per heavy atom. The molecule has 1 amide bonds. The first kappa shape index (κ1) is 12.9. The average molecular weight is 249 g/mol. The lowest BCUT2D eigenvalue weighted by Crippen LogP contribution is -2.39. The summed E-state index contributed by atoms with van der Waals surface area (Å²) in [5.41, 5.74) is 4.93. The highest BCUT2D eigenvalue weighted by molar-refractivity contribution is 5.96. The number of amides is 1. The summed E-state index contributed by atoms with van der Waals surface area (Å²) in [6.45, 7) is 4.58. The monoisotopic (exact) mass is 249 g/mol. The van der Waals surface area contributed by atoms with Crippen LogP contribution in [0.1, 0.15) is 29.3 Å². The summed E-state index contributed by atoms with van der Waals surface area (Å²) in [6.07, 6.45) is 0.952. The van der Waals surface area contributed by atoms with Crippen molar-refractivity contribution in [3.05, 3.63) is 29.3 Å². The first-order chi connectivity index (χ1) is 8.61. The van der Waals surface area contributed by atoms with E-state index in [2.05, 4.69) is 10.7 Å². The lowest BCUT2D eigenvalue weighted by Gasteiger charge is -2.17. The maximum atomic E-state index is 12.1. The van der Waals surface area contributed by atoms with E-state index in [1.54, 1.807) is 12.1 Å². The molecule has 1 saturated heterocycles. The molecule has 2 unspecified atom stereocenters. The Kier molecular flexibility index (Phi) is 3.84. The number of anilines is 1. The summed E-state index contributed by atoms with van der Waals surface area (Å²) in [7, 11) is 0. The van der Waals surface area contributed by atoms with Crippen LogP contribution in [0.4, 0.5) is 5.69 Å². The second-order valence-corrected chi connectivity index (χ2v) is 4.62. The predicted octanol–water partition coefficient (Wildman–Crippen LogP) is 1.19. The van der Waals surface area contributed by atoms with Gasteiger partial charge in [-0.2, -0.15) is 0 Å². The Morgan fingerprint density at radius 2 is 2.28 bits per heavy atom.